The second-order valence-corrected chi connectivity index (χ2v) is 4.81. The molecule has 0 bridgehead atoms. The van der Waals surface area contributed by atoms with Gasteiger partial charge in [-0.05, 0) is 30.7 Å². The summed E-state index contributed by atoms with van der Waals surface area (Å²) in [6, 6.07) is 9.69. The van der Waals surface area contributed by atoms with Gasteiger partial charge in [0.05, 0.1) is 16.1 Å². The van der Waals surface area contributed by atoms with Crippen LogP contribution >= 0.6 is 0 Å². The Kier molecular flexibility index (Phi) is 4.95. The molecule has 9 heteroatoms. The Morgan fingerprint density at radius 2 is 1.75 bits per heavy atom. The third kappa shape index (κ3) is 3.97. The maximum Gasteiger partial charge on any atom is 0.273 e. The van der Waals surface area contributed by atoms with Crippen LogP contribution < -0.4 is 5.43 Å². The molecule has 24 heavy (non-hydrogen) atoms. The van der Waals surface area contributed by atoms with Gasteiger partial charge >= 0.3 is 0 Å². The van der Waals surface area contributed by atoms with Crippen molar-refractivity contribution in [1.29, 1.82) is 0 Å². The number of carbonyl (C=O) groups is 1. The third-order valence-electron chi connectivity index (χ3n) is 3.15. The van der Waals surface area contributed by atoms with Crippen LogP contribution in [-0.2, 0) is 0 Å². The van der Waals surface area contributed by atoms with Crippen LogP contribution in [0.4, 0.5) is 11.4 Å². The average molecular weight is 328 g/mol. The molecule has 0 aliphatic carbocycles. The monoisotopic (exact) mass is 328 g/mol. The van der Waals surface area contributed by atoms with E-state index in [4.69, 9.17) is 0 Å². The molecule has 0 aliphatic rings. The zero-order chi connectivity index (χ0) is 17.7. The van der Waals surface area contributed by atoms with Crippen LogP contribution in [0.3, 0.4) is 0 Å². The molecule has 2 aromatic rings. The molecule has 0 saturated carbocycles. The fraction of sp³-hybridized carbons (Fsp3) is 0.0667. The normalized spacial score (nSPS) is 10.5. The van der Waals surface area contributed by atoms with Gasteiger partial charge < -0.3 is 0 Å². The maximum atomic E-state index is 11.9. The van der Waals surface area contributed by atoms with Crippen molar-refractivity contribution in [3.8, 4) is 0 Å². The molecule has 0 fully saturated rings. The second-order valence-electron chi connectivity index (χ2n) is 4.81. The molecule has 0 radical (unpaired) electrons. The average Bonchev–Trinajstić information content (AvgIpc) is 2.55. The van der Waals surface area contributed by atoms with Crippen molar-refractivity contribution in [1.82, 2.24) is 5.43 Å². The summed E-state index contributed by atoms with van der Waals surface area (Å²) in [5, 5.41) is 25.1. The molecule has 122 valence electrons. The first-order chi connectivity index (χ1) is 11.4. The van der Waals surface area contributed by atoms with Gasteiger partial charge in [0, 0.05) is 29.3 Å². The first kappa shape index (κ1) is 16.7. The quantitative estimate of drug-likeness (QED) is 0.512. The third-order valence-corrected chi connectivity index (χ3v) is 3.15. The van der Waals surface area contributed by atoms with Gasteiger partial charge in [-0.2, -0.15) is 5.10 Å². The summed E-state index contributed by atoms with van der Waals surface area (Å²) in [6.07, 6.45) is 1.31. The predicted octanol–water partition coefficient (Wildman–Crippen LogP) is 2.58. The Balaban J connectivity index is 2.06. The van der Waals surface area contributed by atoms with Crippen molar-refractivity contribution >= 4 is 23.5 Å². The Labute approximate surface area is 135 Å². The van der Waals surface area contributed by atoms with Gasteiger partial charge in [-0.25, -0.2) is 5.43 Å². The van der Waals surface area contributed by atoms with E-state index in [1.54, 1.807) is 6.92 Å². The Morgan fingerprint density at radius 3 is 2.33 bits per heavy atom. The second kappa shape index (κ2) is 7.09. The van der Waals surface area contributed by atoms with E-state index in [0.717, 1.165) is 0 Å². The van der Waals surface area contributed by atoms with E-state index in [-0.39, 0.29) is 16.9 Å². The van der Waals surface area contributed by atoms with Crippen molar-refractivity contribution < 1.29 is 14.6 Å². The Bertz CT molecular complexity index is 830. The SMILES string of the molecule is Cc1ccc(C(=O)NN=Cc2ccc([N+](=O)[O-])cc2)cc1[N+](=O)[O-]. The fourth-order valence-corrected chi connectivity index (χ4v) is 1.86. The number of nitrogens with zero attached hydrogens (tertiary/aromatic N) is 3. The lowest BCUT2D eigenvalue weighted by atomic mass is 10.1. The molecular formula is C15H12N4O5. The van der Waals surface area contributed by atoms with E-state index in [9.17, 15) is 25.0 Å². The summed E-state index contributed by atoms with van der Waals surface area (Å²) in [4.78, 5) is 32.2. The minimum Gasteiger partial charge on any atom is -0.267 e. The molecule has 0 saturated heterocycles. The van der Waals surface area contributed by atoms with Gasteiger partial charge in [0.2, 0.25) is 0 Å². The van der Waals surface area contributed by atoms with Crippen molar-refractivity contribution in [3.05, 3.63) is 79.4 Å². The van der Waals surface area contributed by atoms with E-state index < -0.39 is 15.8 Å². The standard InChI is InChI=1S/C15H12N4O5/c1-10-2-5-12(8-14(10)19(23)24)15(20)17-16-9-11-3-6-13(7-4-11)18(21)22/h2-9H,1H3,(H,17,20). The van der Waals surface area contributed by atoms with Gasteiger partial charge in [-0.15, -0.1) is 0 Å². The molecule has 1 N–H and O–H groups in total. The smallest absolute Gasteiger partial charge is 0.267 e. The number of nitro groups is 2. The number of nitrogens with one attached hydrogen (secondary N) is 1. The number of non-ortho nitro benzene ring substituents is 1. The Morgan fingerprint density at radius 1 is 1.08 bits per heavy atom. The minimum absolute atomic E-state index is 0.0526. The fourth-order valence-electron chi connectivity index (χ4n) is 1.86. The lowest BCUT2D eigenvalue weighted by molar-refractivity contribution is -0.385. The topological polar surface area (TPSA) is 128 Å². The molecule has 1 amide bonds. The summed E-state index contributed by atoms with van der Waals surface area (Å²) in [6.45, 7) is 1.58. The van der Waals surface area contributed by atoms with Crippen LogP contribution in [-0.4, -0.2) is 22.0 Å². The number of aryl methyl sites for hydroxylation is 1. The number of benzene rings is 2. The van der Waals surface area contributed by atoms with Crippen LogP contribution in [0.2, 0.25) is 0 Å². The first-order valence-corrected chi connectivity index (χ1v) is 6.71. The number of rotatable bonds is 5. The van der Waals surface area contributed by atoms with Gasteiger partial charge in [0.15, 0.2) is 0 Å². The highest BCUT2D eigenvalue weighted by atomic mass is 16.6. The number of nitro benzene ring substituents is 2. The molecule has 0 heterocycles. The van der Waals surface area contributed by atoms with E-state index in [2.05, 4.69) is 10.5 Å². The van der Waals surface area contributed by atoms with E-state index in [0.29, 0.717) is 11.1 Å². The predicted molar refractivity (Wildman–Crippen MR) is 86.0 cm³/mol. The number of hydrazone groups is 1. The van der Waals surface area contributed by atoms with Crippen LogP contribution in [0.15, 0.2) is 47.6 Å². The highest BCUT2D eigenvalue weighted by Crippen LogP contribution is 2.19. The molecule has 2 aromatic carbocycles. The molecule has 2 rings (SSSR count). The van der Waals surface area contributed by atoms with E-state index >= 15 is 0 Å². The maximum absolute atomic E-state index is 11.9. The Hall–Kier alpha value is -3.62. The highest BCUT2D eigenvalue weighted by Gasteiger charge is 2.14. The highest BCUT2D eigenvalue weighted by molar-refractivity contribution is 5.95. The zero-order valence-electron chi connectivity index (χ0n) is 12.5. The number of hydrogen-bond donors (Lipinski definition) is 1. The summed E-state index contributed by atoms with van der Waals surface area (Å²) >= 11 is 0. The van der Waals surface area contributed by atoms with E-state index in [1.165, 1.54) is 48.7 Å². The molecule has 0 unspecified atom stereocenters. The van der Waals surface area contributed by atoms with Crippen molar-refractivity contribution in [2.45, 2.75) is 6.92 Å². The first-order valence-electron chi connectivity index (χ1n) is 6.71. The summed E-state index contributed by atoms with van der Waals surface area (Å²) < 4.78 is 0. The summed E-state index contributed by atoms with van der Waals surface area (Å²) in [7, 11) is 0. The van der Waals surface area contributed by atoms with E-state index in [1.807, 2.05) is 0 Å². The number of amides is 1. The van der Waals surface area contributed by atoms with Gasteiger partial charge in [-0.1, -0.05) is 6.07 Å². The lowest BCUT2D eigenvalue weighted by Crippen LogP contribution is -2.17. The van der Waals surface area contributed by atoms with Crippen LogP contribution in [0.5, 0.6) is 0 Å². The molecule has 0 spiro atoms. The summed E-state index contributed by atoms with van der Waals surface area (Å²) in [5.74, 6) is -0.601. The van der Waals surface area contributed by atoms with Gasteiger partial charge in [0.1, 0.15) is 0 Å². The molecule has 0 aliphatic heterocycles. The minimum atomic E-state index is -0.601. The number of carbonyl (C=O) groups excluding carboxylic acids is 1. The summed E-state index contributed by atoms with van der Waals surface area (Å²) in [5.41, 5.74) is 3.15. The zero-order valence-corrected chi connectivity index (χ0v) is 12.5. The largest absolute Gasteiger partial charge is 0.273 e. The molecule has 9 nitrogen and oxygen atoms in total. The molecular weight excluding hydrogens is 316 g/mol. The van der Waals surface area contributed by atoms with Crippen LogP contribution in [0.25, 0.3) is 0 Å². The van der Waals surface area contributed by atoms with Crippen LogP contribution in [0.1, 0.15) is 21.5 Å². The van der Waals surface area contributed by atoms with Crippen molar-refractivity contribution in [2.75, 3.05) is 0 Å². The van der Waals surface area contributed by atoms with Gasteiger partial charge in [-0.3, -0.25) is 25.0 Å². The van der Waals surface area contributed by atoms with Crippen LogP contribution in [0, 0.1) is 27.2 Å². The lowest BCUT2D eigenvalue weighted by Gasteiger charge is -2.02. The van der Waals surface area contributed by atoms with Crippen molar-refractivity contribution in [3.63, 3.8) is 0 Å². The van der Waals surface area contributed by atoms with Gasteiger partial charge in [0.25, 0.3) is 17.3 Å². The number of hydrogen-bond acceptors (Lipinski definition) is 6. The molecule has 0 aromatic heterocycles. The van der Waals surface area contributed by atoms with Crippen molar-refractivity contribution in [2.24, 2.45) is 5.10 Å². The molecule has 0 atom stereocenters.